The number of alkyl halides is 2. The van der Waals surface area contributed by atoms with E-state index in [2.05, 4.69) is 29.0 Å². The van der Waals surface area contributed by atoms with E-state index in [0.717, 1.165) is 18.1 Å². The Kier molecular flexibility index (Phi) is 9.47. The third-order valence-corrected chi connectivity index (χ3v) is 4.98. The molecule has 35 heavy (non-hydrogen) atoms. The van der Waals surface area contributed by atoms with Crippen LogP contribution in [0.25, 0.3) is 0 Å². The number of amides is 3. The Morgan fingerprint density at radius 3 is 1.97 bits per heavy atom. The van der Waals surface area contributed by atoms with E-state index < -0.39 is 29.8 Å². The molecule has 10 heteroatoms. The number of hydrogen-bond acceptors (Lipinski definition) is 5. The minimum Gasteiger partial charge on any atom is -0.370 e. The summed E-state index contributed by atoms with van der Waals surface area (Å²) in [7, 11) is 0. The standard InChI is InChI=1S/C25H24F2N4O4/c1-25(29,24(26)27)21(23(34)31-35)30-22(33)19-13-10-17(11-14-19)5-3-2-4-16-6-8-18(9-7-16)12-15-20(28)32/h6-11,13-14,21,24,35H,12,15,29H2,1H3,(H2,28,32)(H,30,33)(H,31,34)/t21-,25?/m1/s1. The van der Waals surface area contributed by atoms with Crippen LogP contribution < -0.4 is 22.3 Å². The van der Waals surface area contributed by atoms with Gasteiger partial charge in [-0.2, -0.15) is 0 Å². The first-order chi connectivity index (χ1) is 16.5. The number of halogens is 2. The minimum absolute atomic E-state index is 0.0684. The van der Waals surface area contributed by atoms with E-state index in [4.69, 9.17) is 16.7 Å². The maximum Gasteiger partial charge on any atom is 0.268 e. The Hall–Kier alpha value is -4.25. The highest BCUT2D eigenvalue weighted by atomic mass is 19.3. The van der Waals surface area contributed by atoms with Gasteiger partial charge in [0.05, 0.1) is 0 Å². The lowest BCUT2D eigenvalue weighted by Gasteiger charge is -2.32. The van der Waals surface area contributed by atoms with Crippen molar-refractivity contribution in [3.63, 3.8) is 0 Å². The van der Waals surface area contributed by atoms with Crippen LogP contribution in [0.5, 0.6) is 0 Å². The molecule has 0 saturated heterocycles. The average Bonchev–Trinajstić information content (AvgIpc) is 2.84. The highest BCUT2D eigenvalue weighted by molar-refractivity contribution is 5.98. The number of rotatable bonds is 8. The Morgan fingerprint density at radius 1 is 1.00 bits per heavy atom. The molecule has 0 aliphatic carbocycles. The normalized spacial score (nSPS) is 12.7. The van der Waals surface area contributed by atoms with Gasteiger partial charge in [-0.25, -0.2) is 14.3 Å². The van der Waals surface area contributed by atoms with Crippen LogP contribution >= 0.6 is 0 Å². The van der Waals surface area contributed by atoms with E-state index in [1.54, 1.807) is 0 Å². The second-order valence-corrected chi connectivity index (χ2v) is 7.79. The summed E-state index contributed by atoms with van der Waals surface area (Å²) in [5.74, 6) is 8.62. The van der Waals surface area contributed by atoms with Gasteiger partial charge in [0.15, 0.2) is 0 Å². The van der Waals surface area contributed by atoms with Crippen molar-refractivity contribution in [2.24, 2.45) is 11.5 Å². The van der Waals surface area contributed by atoms with Crippen molar-refractivity contribution in [3.8, 4) is 23.7 Å². The average molecular weight is 482 g/mol. The number of nitrogens with two attached hydrogens (primary N) is 2. The fraction of sp³-hybridized carbons (Fsp3) is 0.240. The molecule has 0 fully saturated rings. The molecule has 0 radical (unpaired) electrons. The molecule has 3 amide bonds. The molecular formula is C25H24F2N4O4. The molecule has 0 aromatic heterocycles. The highest BCUT2D eigenvalue weighted by Gasteiger charge is 2.44. The molecule has 0 aliphatic rings. The predicted molar refractivity (Wildman–Crippen MR) is 124 cm³/mol. The molecular weight excluding hydrogens is 458 g/mol. The van der Waals surface area contributed by atoms with Crippen LogP contribution in [0, 0.1) is 23.7 Å². The second kappa shape index (κ2) is 12.3. The van der Waals surface area contributed by atoms with Gasteiger partial charge in [-0.15, -0.1) is 0 Å². The lowest BCUT2D eigenvalue weighted by Crippen LogP contribution is -2.66. The van der Waals surface area contributed by atoms with Gasteiger partial charge in [-0.3, -0.25) is 19.6 Å². The molecule has 0 spiro atoms. The van der Waals surface area contributed by atoms with Crippen molar-refractivity contribution in [1.82, 2.24) is 10.8 Å². The lowest BCUT2D eigenvalue weighted by atomic mass is 9.92. The summed E-state index contributed by atoms with van der Waals surface area (Å²) in [5, 5.41) is 10.9. The topological polar surface area (TPSA) is 148 Å². The third kappa shape index (κ3) is 7.93. The number of hydrogen-bond donors (Lipinski definition) is 5. The van der Waals surface area contributed by atoms with Crippen molar-refractivity contribution >= 4 is 17.7 Å². The molecule has 2 atom stereocenters. The van der Waals surface area contributed by atoms with Crippen LogP contribution in [-0.2, 0) is 16.0 Å². The summed E-state index contributed by atoms with van der Waals surface area (Å²) >= 11 is 0. The number of carbonyl (C=O) groups excluding carboxylic acids is 3. The first-order valence-electron chi connectivity index (χ1n) is 10.4. The number of benzene rings is 2. The van der Waals surface area contributed by atoms with E-state index >= 15 is 0 Å². The van der Waals surface area contributed by atoms with Crippen LogP contribution in [0.3, 0.4) is 0 Å². The van der Waals surface area contributed by atoms with Crippen molar-refractivity contribution in [1.29, 1.82) is 0 Å². The number of primary amides is 1. The van der Waals surface area contributed by atoms with Crippen LogP contribution in [0.2, 0.25) is 0 Å². The molecule has 7 N–H and O–H groups in total. The maximum atomic E-state index is 13.2. The van der Waals surface area contributed by atoms with E-state index in [1.165, 1.54) is 29.7 Å². The molecule has 2 aromatic rings. The van der Waals surface area contributed by atoms with Crippen LogP contribution in [0.4, 0.5) is 8.78 Å². The fourth-order valence-electron chi connectivity index (χ4n) is 2.84. The number of aryl methyl sites for hydroxylation is 1. The Balaban J connectivity index is 2.04. The van der Waals surface area contributed by atoms with Gasteiger partial charge in [-0.1, -0.05) is 24.0 Å². The molecule has 1 unspecified atom stereocenters. The largest absolute Gasteiger partial charge is 0.370 e. The molecule has 0 saturated carbocycles. The van der Waals surface area contributed by atoms with Crippen LogP contribution in [0.1, 0.15) is 40.4 Å². The monoisotopic (exact) mass is 482 g/mol. The van der Waals surface area contributed by atoms with Gasteiger partial charge < -0.3 is 16.8 Å². The number of nitrogens with one attached hydrogen (secondary N) is 2. The summed E-state index contributed by atoms with van der Waals surface area (Å²) in [4.78, 5) is 35.0. The molecule has 2 rings (SSSR count). The zero-order valence-corrected chi connectivity index (χ0v) is 18.8. The molecule has 8 nitrogen and oxygen atoms in total. The number of carbonyl (C=O) groups is 3. The summed E-state index contributed by atoms with van der Waals surface area (Å²) < 4.78 is 26.4. The van der Waals surface area contributed by atoms with Crippen molar-refractivity contribution in [2.75, 3.05) is 0 Å². The van der Waals surface area contributed by atoms with Gasteiger partial charge in [0.2, 0.25) is 5.91 Å². The van der Waals surface area contributed by atoms with Crippen molar-refractivity contribution < 1.29 is 28.4 Å². The minimum atomic E-state index is -3.15. The zero-order valence-electron chi connectivity index (χ0n) is 18.8. The second-order valence-electron chi connectivity index (χ2n) is 7.79. The van der Waals surface area contributed by atoms with Crippen molar-refractivity contribution in [3.05, 3.63) is 70.8 Å². The third-order valence-electron chi connectivity index (χ3n) is 4.98. The summed E-state index contributed by atoms with van der Waals surface area (Å²) in [6.07, 6.45) is -2.31. The molecule has 2 aromatic carbocycles. The zero-order chi connectivity index (χ0) is 26.0. The first-order valence-corrected chi connectivity index (χ1v) is 10.4. The summed E-state index contributed by atoms with van der Waals surface area (Å²) in [6, 6.07) is 11.3. The highest BCUT2D eigenvalue weighted by Crippen LogP contribution is 2.18. The van der Waals surface area contributed by atoms with Gasteiger partial charge in [0.25, 0.3) is 18.2 Å². The van der Waals surface area contributed by atoms with Crippen LogP contribution in [0.15, 0.2) is 48.5 Å². The summed E-state index contributed by atoms with van der Waals surface area (Å²) in [5.41, 5.74) is 11.8. The lowest BCUT2D eigenvalue weighted by molar-refractivity contribution is -0.134. The number of hydroxylamine groups is 1. The SMILES string of the molecule is CC(N)(C(F)F)[C@H](NC(=O)c1ccc(C#CC#Cc2ccc(CCC(N)=O)cc2)cc1)C(=O)NO. The van der Waals surface area contributed by atoms with E-state index in [0.29, 0.717) is 12.0 Å². The summed E-state index contributed by atoms with van der Waals surface area (Å²) in [6.45, 7) is 0.885. The quantitative estimate of drug-likeness (QED) is 0.217. The van der Waals surface area contributed by atoms with E-state index in [1.807, 2.05) is 24.3 Å². The van der Waals surface area contributed by atoms with Crippen LogP contribution in [-0.4, -0.2) is 40.9 Å². The molecule has 0 bridgehead atoms. The molecule has 0 heterocycles. The fourth-order valence-corrected chi connectivity index (χ4v) is 2.84. The first kappa shape index (κ1) is 27.0. The smallest absolute Gasteiger partial charge is 0.268 e. The predicted octanol–water partition coefficient (Wildman–Crippen LogP) is 1.09. The Labute approximate surface area is 201 Å². The van der Waals surface area contributed by atoms with E-state index in [9.17, 15) is 23.2 Å². The van der Waals surface area contributed by atoms with Gasteiger partial charge in [-0.05, 0) is 67.1 Å². The van der Waals surface area contributed by atoms with Gasteiger partial charge in [0, 0.05) is 23.1 Å². The van der Waals surface area contributed by atoms with Crippen molar-refractivity contribution in [2.45, 2.75) is 37.8 Å². The molecule has 0 aliphatic heterocycles. The maximum absolute atomic E-state index is 13.2. The van der Waals surface area contributed by atoms with Gasteiger partial charge in [0.1, 0.15) is 11.6 Å². The molecule has 182 valence electrons. The Bertz CT molecular complexity index is 1190. The van der Waals surface area contributed by atoms with E-state index in [-0.39, 0.29) is 17.9 Å². The Morgan fingerprint density at radius 2 is 1.51 bits per heavy atom. The van der Waals surface area contributed by atoms with Gasteiger partial charge >= 0.3 is 0 Å².